The molecule has 0 fully saturated rings. The van der Waals surface area contributed by atoms with Crippen molar-refractivity contribution >= 4 is 0 Å². The molecule has 31 heavy (non-hydrogen) atoms. The third kappa shape index (κ3) is 3.79. The molecular weight excluding hydrogens is 469 g/mol. The molecule has 0 spiro atoms. The molecule has 15 heteroatoms. The van der Waals surface area contributed by atoms with Gasteiger partial charge in [-0.15, -0.1) is 0 Å². The number of benzene rings is 1. The zero-order valence-corrected chi connectivity index (χ0v) is 14.8. The molecule has 0 aliphatic carbocycles. The summed E-state index contributed by atoms with van der Waals surface area (Å²) in [5.74, 6) is -41.2. The second kappa shape index (κ2) is 7.72. The zero-order valence-electron chi connectivity index (χ0n) is 14.8. The van der Waals surface area contributed by atoms with E-state index >= 15 is 0 Å². The van der Waals surface area contributed by atoms with Crippen LogP contribution in [-0.2, 0) is 0 Å². The first-order valence-corrected chi connectivity index (χ1v) is 7.75. The molecule has 0 aliphatic rings. The minimum Gasteiger partial charge on any atom is -0.388 e. The molecule has 2 nitrogen and oxygen atoms in total. The van der Waals surface area contributed by atoms with E-state index in [4.69, 9.17) is 5.26 Å². The van der Waals surface area contributed by atoms with Crippen LogP contribution in [0, 0.1) is 17.2 Å². The number of hydrogen-bond donors (Lipinski definition) is 1. The molecule has 0 saturated heterocycles. The second-order valence-electron chi connectivity index (χ2n) is 6.35. The van der Waals surface area contributed by atoms with E-state index in [2.05, 4.69) is 0 Å². The van der Waals surface area contributed by atoms with Crippen LogP contribution in [0.15, 0.2) is 24.3 Å². The topological polar surface area (TPSA) is 44.0 Å². The molecule has 176 valence electrons. The lowest BCUT2D eigenvalue weighted by molar-refractivity contribution is -0.444. The van der Waals surface area contributed by atoms with E-state index in [9.17, 15) is 62.2 Å². The lowest BCUT2D eigenvalue weighted by Crippen LogP contribution is -2.71. The van der Waals surface area contributed by atoms with Crippen molar-refractivity contribution in [1.82, 2.24) is 0 Å². The van der Waals surface area contributed by atoms with Crippen LogP contribution in [0.25, 0.3) is 0 Å². The van der Waals surface area contributed by atoms with Crippen LogP contribution in [0.1, 0.15) is 24.2 Å². The minimum absolute atomic E-state index is 0.0805. The maximum atomic E-state index is 14.1. The highest BCUT2D eigenvalue weighted by molar-refractivity contribution is 5.39. The molecule has 0 heterocycles. The van der Waals surface area contributed by atoms with E-state index in [0.717, 1.165) is 18.2 Å². The fourth-order valence-electron chi connectivity index (χ4n) is 2.39. The van der Waals surface area contributed by atoms with Gasteiger partial charge in [-0.05, 0) is 11.6 Å². The molecule has 2 atom stereocenters. The van der Waals surface area contributed by atoms with Gasteiger partial charge in [-0.2, -0.15) is 62.3 Å². The smallest absolute Gasteiger partial charge is 0.388 e. The van der Waals surface area contributed by atoms with E-state index in [1.807, 2.05) is 0 Å². The molecule has 0 aromatic heterocycles. The number of aliphatic hydroxyl groups is 1. The van der Waals surface area contributed by atoms with Gasteiger partial charge in [-0.1, -0.05) is 25.1 Å². The van der Waals surface area contributed by atoms with Crippen LogP contribution >= 0.6 is 0 Å². The van der Waals surface area contributed by atoms with Crippen LogP contribution in [0.3, 0.4) is 0 Å². The summed E-state index contributed by atoms with van der Waals surface area (Å²) in [4.78, 5) is 0. The van der Waals surface area contributed by atoms with Gasteiger partial charge in [0.2, 0.25) is 0 Å². The summed E-state index contributed by atoms with van der Waals surface area (Å²) in [6.07, 6.45) is -10.4. The molecule has 1 aromatic carbocycles. The Kier molecular flexibility index (Phi) is 6.67. The van der Waals surface area contributed by atoms with Crippen LogP contribution in [0.2, 0.25) is 0 Å². The highest BCUT2D eigenvalue weighted by Gasteiger charge is 2.91. The quantitative estimate of drug-likeness (QED) is 0.491. The van der Waals surface area contributed by atoms with E-state index in [0.29, 0.717) is 6.07 Å². The SMILES string of the molecule is CC(C(O)c1ccccc1C#N)C(F)(F)C(F)(F)C(F)(F)C(F)(F)C(F)(F)C(F)(F)F. The third-order valence-corrected chi connectivity index (χ3v) is 4.40. The summed E-state index contributed by atoms with van der Waals surface area (Å²) >= 11 is 0. The Morgan fingerprint density at radius 1 is 0.742 bits per heavy atom. The number of hydrogen-bond acceptors (Lipinski definition) is 2. The van der Waals surface area contributed by atoms with Gasteiger partial charge in [0.25, 0.3) is 0 Å². The Bertz CT molecular complexity index is 841. The van der Waals surface area contributed by atoms with Gasteiger partial charge in [0, 0.05) is 0 Å². The van der Waals surface area contributed by atoms with Crippen molar-refractivity contribution in [2.75, 3.05) is 0 Å². The van der Waals surface area contributed by atoms with E-state index in [-0.39, 0.29) is 6.92 Å². The van der Waals surface area contributed by atoms with Crippen molar-refractivity contribution in [2.45, 2.75) is 48.8 Å². The summed E-state index contributed by atoms with van der Waals surface area (Å²) in [7, 11) is 0. The molecule has 1 aromatic rings. The number of halogens is 13. The molecule has 1 rings (SSSR count). The predicted octanol–water partition coefficient (Wildman–Crippen LogP) is 5.97. The maximum absolute atomic E-state index is 14.1. The monoisotopic (exact) mass is 479 g/mol. The van der Waals surface area contributed by atoms with Crippen molar-refractivity contribution in [1.29, 1.82) is 5.26 Å². The first-order valence-electron chi connectivity index (χ1n) is 7.75. The summed E-state index contributed by atoms with van der Waals surface area (Å²) in [5.41, 5.74) is -1.47. The zero-order chi connectivity index (χ0) is 24.8. The molecule has 0 saturated carbocycles. The van der Waals surface area contributed by atoms with Crippen molar-refractivity contribution < 1.29 is 62.2 Å². The van der Waals surface area contributed by atoms with Crippen molar-refractivity contribution in [3.63, 3.8) is 0 Å². The Balaban J connectivity index is 3.54. The fraction of sp³-hybridized carbons (Fsp3) is 0.562. The lowest BCUT2D eigenvalue weighted by atomic mass is 9.83. The van der Waals surface area contributed by atoms with Gasteiger partial charge in [0.05, 0.1) is 23.7 Å². The average molecular weight is 479 g/mol. The lowest BCUT2D eigenvalue weighted by Gasteiger charge is -2.42. The van der Waals surface area contributed by atoms with Crippen molar-refractivity contribution in [2.24, 2.45) is 5.92 Å². The van der Waals surface area contributed by atoms with E-state index < -0.39 is 58.9 Å². The molecular formula is C16H10F13NO. The predicted molar refractivity (Wildman–Crippen MR) is 76.1 cm³/mol. The molecule has 0 bridgehead atoms. The van der Waals surface area contributed by atoms with E-state index in [1.165, 1.54) is 6.07 Å². The third-order valence-electron chi connectivity index (χ3n) is 4.40. The molecule has 2 unspecified atom stereocenters. The summed E-state index contributed by atoms with van der Waals surface area (Å²) in [6, 6.07) is 5.00. The number of alkyl halides is 13. The Morgan fingerprint density at radius 2 is 1.16 bits per heavy atom. The largest absolute Gasteiger partial charge is 0.460 e. The highest BCUT2D eigenvalue weighted by atomic mass is 19.4. The van der Waals surface area contributed by atoms with Crippen LogP contribution in [0.5, 0.6) is 0 Å². The number of aliphatic hydroxyl groups excluding tert-OH is 1. The van der Waals surface area contributed by atoms with Crippen molar-refractivity contribution in [3.05, 3.63) is 35.4 Å². The van der Waals surface area contributed by atoms with Gasteiger partial charge in [-0.3, -0.25) is 0 Å². The normalized spacial score (nSPS) is 16.6. The second-order valence-corrected chi connectivity index (χ2v) is 6.35. The standard InChI is InChI=1S/C16H10F13NO/c1-7(10(31)9-5-3-2-4-8(9)6-30)11(17,18)12(19,20)13(21,22)14(23,24)15(25,26)16(27,28)29/h2-5,7,10,31H,1H3. The minimum atomic E-state index is -8.01. The first-order chi connectivity index (χ1) is 13.6. The molecule has 0 radical (unpaired) electrons. The number of nitrogens with zero attached hydrogens (tertiary/aromatic N) is 1. The Labute approximate surface area is 164 Å². The summed E-state index contributed by atoms with van der Waals surface area (Å²) in [5, 5.41) is 18.6. The van der Waals surface area contributed by atoms with Crippen LogP contribution < -0.4 is 0 Å². The van der Waals surface area contributed by atoms with Gasteiger partial charge in [0.15, 0.2) is 0 Å². The average Bonchev–Trinajstić information content (AvgIpc) is 2.65. The maximum Gasteiger partial charge on any atom is 0.460 e. The van der Waals surface area contributed by atoms with Gasteiger partial charge >= 0.3 is 35.8 Å². The number of rotatable bonds is 7. The van der Waals surface area contributed by atoms with Crippen LogP contribution in [0.4, 0.5) is 57.1 Å². The van der Waals surface area contributed by atoms with Gasteiger partial charge in [0.1, 0.15) is 0 Å². The Morgan fingerprint density at radius 3 is 1.58 bits per heavy atom. The first kappa shape index (κ1) is 26.8. The van der Waals surface area contributed by atoms with Crippen molar-refractivity contribution in [3.8, 4) is 6.07 Å². The Hall–Kier alpha value is -2.24. The molecule has 0 aliphatic heterocycles. The van der Waals surface area contributed by atoms with Crippen LogP contribution in [-0.4, -0.2) is 40.9 Å². The molecule has 1 N–H and O–H groups in total. The summed E-state index contributed by atoms with van der Waals surface area (Å²) < 4.78 is 172. The van der Waals surface area contributed by atoms with Gasteiger partial charge in [-0.25, -0.2) is 0 Å². The van der Waals surface area contributed by atoms with E-state index in [1.54, 1.807) is 0 Å². The fourth-order valence-corrected chi connectivity index (χ4v) is 2.39. The van der Waals surface area contributed by atoms with Gasteiger partial charge < -0.3 is 5.11 Å². The number of nitriles is 1. The molecule has 0 amide bonds. The summed E-state index contributed by atoms with van der Waals surface area (Å²) in [6.45, 7) is -0.0805. The highest BCUT2D eigenvalue weighted by Crippen LogP contribution is 2.62.